The molecule has 0 radical (unpaired) electrons. The van der Waals surface area contributed by atoms with Crippen LogP contribution < -0.4 is 32.1 Å². The number of sulfonamides is 1. The molecule has 0 saturated heterocycles. The molecule has 30 nitrogen and oxygen atoms in total. The van der Waals surface area contributed by atoms with Crippen molar-refractivity contribution in [3.8, 4) is 32.1 Å². The molecule has 0 amide bonds. The Bertz CT molecular complexity index is 5450. The Labute approximate surface area is 618 Å². The summed E-state index contributed by atoms with van der Waals surface area (Å²) in [5.74, 6) is 8.16. The molecule has 5 fully saturated rings. The van der Waals surface area contributed by atoms with Gasteiger partial charge in [-0.05, 0) is 113 Å². The highest BCUT2D eigenvalue weighted by Gasteiger charge is 2.33. The standard InChI is InChI=1S/C18H15ClN6O2S2.C17H17ClN6O2S2.C14H12ClN5O3S2.C11H11ClN6S.4H2/c19-12-10-20-18(22-17(12)21-15-9-13(23-24-15)11-3-4-11)14-5-6-16(28-14)29(26,27)25-7-1-2-8-25;18-14-15(9-3-4-9)21-16(11-5-6-13(27-11)28(19,25)26)22-17(14)20-12-7-10(23-24-12)8-1-2-8;15-8-6-16-14(10-3-4-12(24-10)25(21,22)23)18-13(8)17-11-5-9(19-20-11)7-1-2-7;12-6-4-14-11(9(13)19)16-10(6)15-8-3-7(17-18-8)5-1-2-5;;;;/h1-2,5-11H,3-4H2,(H2,20,21,22,23,24);5-9H,1-4H2,(H2,19,25,26)(H2,20,21,22,23,24);3-7H,1-2H2,(H,21,22,23)(H2,16,17,18,19,20);3-5H,1-2H2,(H2,13,19)(H2,14,15,16,17,18);4*1H. The van der Waals surface area contributed by atoms with E-state index < -0.39 is 30.2 Å². The number of H-pyrrole nitrogens is 4. The van der Waals surface area contributed by atoms with E-state index in [2.05, 4.69) is 102 Å². The van der Waals surface area contributed by atoms with Gasteiger partial charge in [0, 0.05) is 94.7 Å². The molecule has 0 spiro atoms. The van der Waals surface area contributed by atoms with Crippen LogP contribution in [0.4, 0.5) is 46.5 Å². The molecule has 12 aromatic rings. The number of primary sulfonamides is 1. The minimum atomic E-state index is -4.25. The van der Waals surface area contributed by atoms with Crippen LogP contribution in [0.1, 0.15) is 134 Å². The van der Waals surface area contributed by atoms with Crippen LogP contribution >= 0.6 is 92.6 Å². The Balaban J connectivity index is 0.000000150. The number of halogens is 4. The fraction of sp³-hybridized carbons (Fsp3) is 0.250. The second-order valence-electron chi connectivity index (χ2n) is 23.7. The zero-order valence-electron chi connectivity index (χ0n) is 52.0. The second-order valence-corrected chi connectivity index (χ2v) is 34.5. The van der Waals surface area contributed by atoms with Crippen LogP contribution in [0.15, 0.2) is 116 Å². The van der Waals surface area contributed by atoms with E-state index in [-0.39, 0.29) is 29.1 Å². The van der Waals surface area contributed by atoms with Gasteiger partial charge in [0.15, 0.2) is 69.8 Å². The first-order chi connectivity index (χ1) is 48.4. The van der Waals surface area contributed by atoms with E-state index >= 15 is 0 Å². The maximum absolute atomic E-state index is 12.7. The van der Waals surface area contributed by atoms with Crippen molar-refractivity contribution in [3.05, 3.63) is 158 Å². The van der Waals surface area contributed by atoms with Gasteiger partial charge >= 0.3 is 10.1 Å². The Morgan fingerprint density at radius 1 is 0.505 bits per heavy atom. The molecule has 530 valence electrons. The maximum Gasteiger partial charge on any atom is 0.304 e. The molecule has 5 saturated carbocycles. The Kier molecular flexibility index (Phi) is 19.8. The number of thiocarbonyl (C=S) groups is 1. The number of hydrogen-bond acceptors (Lipinski definition) is 26. The lowest BCUT2D eigenvalue weighted by Crippen LogP contribution is -2.14. The van der Waals surface area contributed by atoms with Crippen molar-refractivity contribution in [3.63, 3.8) is 0 Å². The number of nitrogens with two attached hydrogens (primary N) is 2. The lowest BCUT2D eigenvalue weighted by atomic mass is 10.2. The molecule has 12 aromatic heterocycles. The third kappa shape index (κ3) is 17.0. The minimum Gasteiger partial charge on any atom is -0.387 e. The van der Waals surface area contributed by atoms with E-state index in [0.29, 0.717) is 128 Å². The normalized spacial score (nSPS) is 15.1. The van der Waals surface area contributed by atoms with E-state index in [1.165, 1.54) is 91.7 Å². The van der Waals surface area contributed by atoms with Crippen LogP contribution in [-0.4, -0.2) is 119 Å². The third-order valence-electron chi connectivity index (χ3n) is 15.8. The Morgan fingerprint density at radius 2 is 0.871 bits per heavy atom. The average Bonchev–Trinajstić information content (AvgIpc) is 1.67. The Morgan fingerprint density at radius 3 is 1.27 bits per heavy atom. The van der Waals surface area contributed by atoms with Crippen molar-refractivity contribution in [1.82, 2.24) is 84.6 Å². The summed E-state index contributed by atoms with van der Waals surface area (Å²) in [6.07, 6.45) is 18.9. The summed E-state index contributed by atoms with van der Waals surface area (Å²) in [7, 11) is -11.6. The smallest absolute Gasteiger partial charge is 0.304 e. The van der Waals surface area contributed by atoms with Gasteiger partial charge in [-0.2, -0.15) is 37.2 Å². The van der Waals surface area contributed by atoms with Crippen molar-refractivity contribution in [1.29, 1.82) is 0 Å². The van der Waals surface area contributed by atoms with Gasteiger partial charge in [-0.1, -0.05) is 58.6 Å². The lowest BCUT2D eigenvalue weighted by Gasteiger charge is -2.10. The third-order valence-corrected chi connectivity index (χ3v) is 25.3. The summed E-state index contributed by atoms with van der Waals surface area (Å²) in [4.78, 5) is 36.3. The molecule has 5 aliphatic carbocycles. The highest BCUT2D eigenvalue weighted by atomic mass is 35.5. The number of hydrogen-bond donors (Lipinski definition) is 11. The van der Waals surface area contributed by atoms with Gasteiger partial charge in [0.05, 0.1) is 38.9 Å². The number of aromatic nitrogens is 17. The molecule has 0 unspecified atom stereocenters. The predicted octanol–water partition coefficient (Wildman–Crippen LogP) is 14.5. The summed E-state index contributed by atoms with van der Waals surface area (Å²) in [6, 6.07) is 20.3. The first-order valence-corrected chi connectivity index (χ1v) is 39.7. The van der Waals surface area contributed by atoms with Gasteiger partial charge in [-0.25, -0.2) is 57.4 Å². The second kappa shape index (κ2) is 28.8. The Hall–Kier alpha value is -8.44. The fourth-order valence-electron chi connectivity index (χ4n) is 9.84. The lowest BCUT2D eigenvalue weighted by molar-refractivity contribution is 0.485. The van der Waals surface area contributed by atoms with Gasteiger partial charge in [-0.15, -0.1) is 34.0 Å². The molecular weight excluding hydrogens is 1520 g/mol. The quantitative estimate of drug-likeness (QED) is 0.0235. The largest absolute Gasteiger partial charge is 0.387 e. The van der Waals surface area contributed by atoms with Crippen molar-refractivity contribution in [2.75, 3.05) is 21.3 Å². The zero-order chi connectivity index (χ0) is 70.5. The van der Waals surface area contributed by atoms with Crippen LogP contribution in [0.2, 0.25) is 20.1 Å². The van der Waals surface area contributed by atoms with E-state index in [9.17, 15) is 25.3 Å². The van der Waals surface area contributed by atoms with Crippen molar-refractivity contribution >= 4 is 174 Å². The molecule has 0 atom stereocenters. The van der Waals surface area contributed by atoms with Crippen LogP contribution in [0.25, 0.3) is 32.1 Å². The van der Waals surface area contributed by atoms with Crippen LogP contribution in [0.3, 0.4) is 0 Å². The predicted molar refractivity (Wildman–Crippen MR) is 398 cm³/mol. The van der Waals surface area contributed by atoms with Gasteiger partial charge in [0.25, 0.3) is 10.0 Å². The molecular formula is C60H63Cl4N23O7S7. The molecule has 0 aliphatic heterocycles. The molecule has 13 N–H and O–H groups in total. The molecule has 17 rings (SSSR count). The molecule has 0 aromatic carbocycles. The van der Waals surface area contributed by atoms with Gasteiger partial charge in [0.2, 0.25) is 10.0 Å². The van der Waals surface area contributed by atoms with Crippen LogP contribution in [0, 0.1) is 0 Å². The highest BCUT2D eigenvalue weighted by molar-refractivity contribution is 7.92. The van der Waals surface area contributed by atoms with Gasteiger partial charge in [-0.3, -0.25) is 24.9 Å². The van der Waals surface area contributed by atoms with Gasteiger partial charge in [0.1, 0.15) is 37.7 Å². The monoisotopic (exact) mass is 1580 g/mol. The van der Waals surface area contributed by atoms with Crippen molar-refractivity contribution < 1.29 is 35.5 Å². The summed E-state index contributed by atoms with van der Waals surface area (Å²) in [6.45, 7) is 0. The van der Waals surface area contributed by atoms with Gasteiger partial charge < -0.3 is 27.0 Å². The number of aromatic amines is 4. The molecule has 101 heavy (non-hydrogen) atoms. The SMILES string of the molecule is NC(=S)c1ncc(Cl)c(Nc2cc(C3CC3)[nH]n2)n1.NS(=O)(=O)c1ccc(-c2nc(Nc3cc(C4CC4)[nH]n3)c(Cl)c(C3CC3)n2)s1.O=S(=O)(O)c1ccc(-c2ncc(Cl)c(Nc3cc(C4CC4)[nH]n3)n2)s1.O=S(=O)(c1ccc(-c2ncc(Cl)c(Nc3cc(C4CC4)[nH]n3)n2)s1)n1cccc1.[HH].[HH].[HH].[HH]. The molecule has 0 bridgehead atoms. The molecule has 12 heterocycles. The summed E-state index contributed by atoms with van der Waals surface area (Å²) in [5, 5.41) is 48.0. The van der Waals surface area contributed by atoms with Crippen LogP contribution in [0.5, 0.6) is 0 Å². The number of thiophene rings is 3. The molecule has 5 aliphatic rings. The topological polar surface area (TPSA) is 446 Å². The number of nitrogens with one attached hydrogen (secondary N) is 8. The van der Waals surface area contributed by atoms with E-state index in [1.807, 2.05) is 24.3 Å². The van der Waals surface area contributed by atoms with Crippen molar-refractivity contribution in [2.24, 2.45) is 10.9 Å². The molecule has 41 heteroatoms. The number of nitrogens with zero attached hydrogens (tertiary/aromatic N) is 13. The summed E-state index contributed by atoms with van der Waals surface area (Å²) in [5.41, 5.74) is 10.7. The zero-order valence-corrected chi connectivity index (χ0v) is 60.7. The van der Waals surface area contributed by atoms with E-state index in [0.717, 1.165) is 88.2 Å². The number of anilines is 8. The summed E-state index contributed by atoms with van der Waals surface area (Å²) < 4.78 is 81.2. The first-order valence-electron chi connectivity index (χ1n) is 30.9. The average molecular weight is 1580 g/mol. The fourth-order valence-corrected chi connectivity index (χ4v) is 16.4. The summed E-state index contributed by atoms with van der Waals surface area (Å²) >= 11 is 32.8. The van der Waals surface area contributed by atoms with Crippen molar-refractivity contribution in [2.45, 2.75) is 106 Å². The maximum atomic E-state index is 12.7. The van der Waals surface area contributed by atoms with Crippen LogP contribution in [-0.2, 0) is 30.2 Å². The van der Waals surface area contributed by atoms with E-state index in [4.69, 9.17) is 74.0 Å². The first kappa shape index (κ1) is 69.6. The van der Waals surface area contributed by atoms with E-state index in [1.54, 1.807) is 30.3 Å². The minimum absolute atomic E-state index is 0. The highest BCUT2D eigenvalue weighted by Crippen LogP contribution is 2.47. The number of rotatable bonds is 21.